The lowest BCUT2D eigenvalue weighted by molar-refractivity contribution is 0.0702. The Kier molecular flexibility index (Phi) is 2.04. The Morgan fingerprint density at radius 2 is 2.17 bits per heavy atom. The van der Waals surface area contributed by atoms with Crippen LogP contribution in [0.5, 0.6) is 0 Å². The van der Waals surface area contributed by atoms with Gasteiger partial charge in [-0.1, -0.05) is 0 Å². The van der Waals surface area contributed by atoms with E-state index in [4.69, 9.17) is 10.8 Å². The smallest absolute Gasteiger partial charge is 0.346 e. The van der Waals surface area contributed by atoms with Gasteiger partial charge >= 0.3 is 5.97 Å². The second-order valence-corrected chi connectivity index (χ2v) is 4.48. The molecule has 0 fully saturated rings. The Hall–Kier alpha value is -2.55. The zero-order valence-electron chi connectivity index (χ0n) is 8.67. The number of nitrogens with two attached hydrogens (primary N) is 1. The van der Waals surface area contributed by atoms with Gasteiger partial charge in [-0.05, 0) is 6.07 Å². The van der Waals surface area contributed by atoms with Crippen LogP contribution in [0.4, 0.5) is 5.95 Å². The normalized spacial score (nSPS) is 11.1. The molecule has 90 valence electrons. The van der Waals surface area contributed by atoms with Crippen molar-refractivity contribution in [1.29, 1.82) is 0 Å². The standard InChI is InChI=1S/C9H5N5O3S/c10-9-13-5-4(6(15)14-9)11-2-1-3(8(16)17)18-7(2)12-5/h1H,(H,16,17)(H3,10,12,13,14,15). The first-order valence-electron chi connectivity index (χ1n) is 4.75. The number of rotatable bonds is 1. The van der Waals surface area contributed by atoms with Crippen molar-refractivity contribution in [2.24, 2.45) is 0 Å². The summed E-state index contributed by atoms with van der Waals surface area (Å²) in [6.07, 6.45) is 0. The van der Waals surface area contributed by atoms with Gasteiger partial charge in [-0.2, -0.15) is 4.98 Å². The molecule has 9 heteroatoms. The molecule has 0 spiro atoms. The van der Waals surface area contributed by atoms with Crippen LogP contribution in [0.3, 0.4) is 0 Å². The maximum Gasteiger partial charge on any atom is 0.346 e. The lowest BCUT2D eigenvalue weighted by Crippen LogP contribution is -2.13. The number of anilines is 1. The molecule has 3 aromatic heterocycles. The van der Waals surface area contributed by atoms with Gasteiger partial charge in [0.25, 0.3) is 5.56 Å². The van der Waals surface area contributed by atoms with E-state index in [0.717, 1.165) is 11.3 Å². The van der Waals surface area contributed by atoms with E-state index in [1.807, 2.05) is 0 Å². The molecule has 0 saturated carbocycles. The second kappa shape index (κ2) is 3.47. The molecule has 8 nitrogen and oxygen atoms in total. The number of thiophene rings is 1. The number of carboxylic acid groups (broad SMARTS) is 1. The number of nitrogen functional groups attached to an aromatic ring is 1. The van der Waals surface area contributed by atoms with E-state index in [2.05, 4.69) is 19.9 Å². The molecular weight excluding hydrogens is 258 g/mol. The second-order valence-electron chi connectivity index (χ2n) is 3.45. The Balaban J connectivity index is 2.43. The molecule has 0 aromatic carbocycles. The minimum absolute atomic E-state index is 0.0337. The highest BCUT2D eigenvalue weighted by Crippen LogP contribution is 2.23. The van der Waals surface area contributed by atoms with E-state index >= 15 is 0 Å². The highest BCUT2D eigenvalue weighted by Gasteiger charge is 2.13. The van der Waals surface area contributed by atoms with Gasteiger partial charge in [0, 0.05) is 0 Å². The zero-order valence-corrected chi connectivity index (χ0v) is 9.48. The van der Waals surface area contributed by atoms with E-state index in [1.165, 1.54) is 6.07 Å². The van der Waals surface area contributed by atoms with Crippen molar-refractivity contribution in [3.05, 3.63) is 21.3 Å². The maximum absolute atomic E-state index is 11.6. The third-order valence-corrected chi connectivity index (χ3v) is 3.25. The first-order valence-corrected chi connectivity index (χ1v) is 5.56. The Bertz CT molecular complexity index is 852. The average molecular weight is 263 g/mol. The van der Waals surface area contributed by atoms with Gasteiger partial charge in [-0.25, -0.2) is 14.8 Å². The number of carboxylic acids is 1. The van der Waals surface area contributed by atoms with Gasteiger partial charge in [0.2, 0.25) is 5.95 Å². The number of carbonyl (C=O) groups is 1. The largest absolute Gasteiger partial charge is 0.477 e. The fraction of sp³-hybridized carbons (Fsp3) is 0. The molecule has 3 rings (SSSR count). The number of aromatic amines is 1. The summed E-state index contributed by atoms with van der Waals surface area (Å²) in [7, 11) is 0. The predicted octanol–water partition coefficient (Wildman–Crippen LogP) is 0.208. The van der Waals surface area contributed by atoms with Crippen LogP contribution in [0, 0.1) is 0 Å². The molecule has 3 heterocycles. The molecule has 0 aliphatic carbocycles. The number of H-pyrrole nitrogens is 1. The van der Waals surface area contributed by atoms with Gasteiger partial charge in [-0.15, -0.1) is 11.3 Å². The van der Waals surface area contributed by atoms with Gasteiger partial charge in [0.1, 0.15) is 15.2 Å². The minimum Gasteiger partial charge on any atom is -0.477 e. The van der Waals surface area contributed by atoms with E-state index < -0.39 is 11.5 Å². The highest BCUT2D eigenvalue weighted by atomic mass is 32.1. The van der Waals surface area contributed by atoms with Crippen molar-refractivity contribution in [3.8, 4) is 0 Å². The fourth-order valence-electron chi connectivity index (χ4n) is 1.50. The van der Waals surface area contributed by atoms with Crippen molar-refractivity contribution in [2.45, 2.75) is 0 Å². The Labute approximate surface area is 102 Å². The SMILES string of the molecule is Nc1nc2nc3sc(C(=O)O)cc3nc2c(=O)[nH]1. The van der Waals surface area contributed by atoms with Gasteiger partial charge < -0.3 is 10.8 Å². The number of aromatic nitrogens is 4. The summed E-state index contributed by atoms with van der Waals surface area (Å²) in [6, 6.07) is 1.37. The summed E-state index contributed by atoms with van der Waals surface area (Å²) in [5.41, 5.74) is 5.37. The molecule has 0 radical (unpaired) electrons. The number of aromatic carboxylic acids is 1. The van der Waals surface area contributed by atoms with Crippen LogP contribution in [-0.2, 0) is 0 Å². The lowest BCUT2D eigenvalue weighted by Gasteiger charge is -1.96. The summed E-state index contributed by atoms with van der Waals surface area (Å²) in [5.74, 6) is -1.12. The first kappa shape index (κ1) is 10.6. The summed E-state index contributed by atoms with van der Waals surface area (Å²) in [6.45, 7) is 0. The third kappa shape index (κ3) is 1.49. The van der Waals surface area contributed by atoms with Crippen LogP contribution in [0.1, 0.15) is 9.67 Å². The molecule has 0 amide bonds. The third-order valence-electron chi connectivity index (χ3n) is 2.24. The minimum atomic E-state index is -1.06. The van der Waals surface area contributed by atoms with Crippen molar-refractivity contribution in [2.75, 3.05) is 5.73 Å². The van der Waals surface area contributed by atoms with Crippen LogP contribution < -0.4 is 11.3 Å². The van der Waals surface area contributed by atoms with Crippen molar-refractivity contribution >= 4 is 44.8 Å². The number of hydrogen-bond donors (Lipinski definition) is 3. The molecule has 0 saturated heterocycles. The fourth-order valence-corrected chi connectivity index (χ4v) is 2.31. The molecule has 0 aliphatic rings. The highest BCUT2D eigenvalue weighted by molar-refractivity contribution is 7.20. The van der Waals surface area contributed by atoms with E-state index in [0.29, 0.717) is 10.3 Å². The first-order chi connectivity index (χ1) is 8.54. The lowest BCUT2D eigenvalue weighted by atomic mass is 10.4. The molecular formula is C9H5N5O3S. The molecule has 0 bridgehead atoms. The van der Waals surface area contributed by atoms with Crippen LogP contribution >= 0.6 is 11.3 Å². The molecule has 0 aliphatic heterocycles. The van der Waals surface area contributed by atoms with E-state index in [9.17, 15) is 9.59 Å². The van der Waals surface area contributed by atoms with Crippen LogP contribution in [0.2, 0.25) is 0 Å². The Morgan fingerprint density at radius 1 is 1.39 bits per heavy atom. The number of fused-ring (bicyclic) bond motifs is 2. The molecule has 18 heavy (non-hydrogen) atoms. The van der Waals surface area contributed by atoms with Crippen LogP contribution in [-0.4, -0.2) is 31.0 Å². The van der Waals surface area contributed by atoms with Crippen LogP contribution in [0.15, 0.2) is 10.9 Å². The summed E-state index contributed by atoms with van der Waals surface area (Å²) >= 11 is 0.966. The molecule has 0 unspecified atom stereocenters. The maximum atomic E-state index is 11.6. The quantitative estimate of drug-likeness (QED) is 0.571. The molecule has 3 aromatic rings. The summed E-state index contributed by atoms with van der Waals surface area (Å²) < 4.78 is 0. The molecule has 0 atom stereocenters. The average Bonchev–Trinajstić information content (AvgIpc) is 2.69. The summed E-state index contributed by atoms with van der Waals surface area (Å²) in [4.78, 5) is 37.2. The summed E-state index contributed by atoms with van der Waals surface area (Å²) in [5, 5.41) is 8.87. The molecule has 4 N–H and O–H groups in total. The van der Waals surface area contributed by atoms with E-state index in [1.54, 1.807) is 0 Å². The monoisotopic (exact) mass is 263 g/mol. The van der Waals surface area contributed by atoms with Crippen molar-refractivity contribution < 1.29 is 9.90 Å². The van der Waals surface area contributed by atoms with Crippen molar-refractivity contribution in [1.82, 2.24) is 19.9 Å². The van der Waals surface area contributed by atoms with Gasteiger partial charge in [0.05, 0.1) is 0 Å². The van der Waals surface area contributed by atoms with Crippen LogP contribution in [0.25, 0.3) is 21.5 Å². The number of hydrogen-bond acceptors (Lipinski definition) is 7. The van der Waals surface area contributed by atoms with E-state index in [-0.39, 0.29) is 22.0 Å². The number of nitrogens with one attached hydrogen (secondary N) is 1. The van der Waals surface area contributed by atoms with Gasteiger partial charge in [0.15, 0.2) is 11.2 Å². The Morgan fingerprint density at radius 3 is 2.89 bits per heavy atom. The van der Waals surface area contributed by atoms with Crippen molar-refractivity contribution in [3.63, 3.8) is 0 Å². The topological polar surface area (TPSA) is 135 Å². The predicted molar refractivity (Wildman–Crippen MR) is 64.7 cm³/mol. The van der Waals surface area contributed by atoms with Gasteiger partial charge in [-0.3, -0.25) is 9.78 Å². The number of nitrogens with zero attached hydrogens (tertiary/aromatic N) is 3. The zero-order chi connectivity index (χ0) is 12.9.